The average molecular weight is 488 g/mol. The summed E-state index contributed by atoms with van der Waals surface area (Å²) in [6.45, 7) is 4.73. The molecule has 0 amide bonds. The van der Waals surface area contributed by atoms with E-state index in [4.69, 9.17) is 18.9 Å². The van der Waals surface area contributed by atoms with Gasteiger partial charge in [0.2, 0.25) is 0 Å². The first-order chi connectivity index (χ1) is 17.4. The van der Waals surface area contributed by atoms with Crippen molar-refractivity contribution < 1.29 is 23.3 Å². The summed E-state index contributed by atoms with van der Waals surface area (Å²) in [6.07, 6.45) is 2.90. The van der Waals surface area contributed by atoms with E-state index in [1.54, 1.807) is 33.5 Å². The molecule has 0 bridgehead atoms. The van der Waals surface area contributed by atoms with Gasteiger partial charge >= 0.3 is 0 Å². The topological polar surface area (TPSA) is 41.9 Å². The molecule has 0 atom stereocenters. The number of methoxy groups -OCH3 is 3. The number of hydrogen-bond acceptors (Lipinski definition) is 4. The number of hydrogen-bond donors (Lipinski definition) is 0. The van der Waals surface area contributed by atoms with E-state index in [2.05, 4.69) is 16.8 Å². The number of halogens is 1. The van der Waals surface area contributed by atoms with Crippen LogP contribution in [0.5, 0.6) is 23.0 Å². The maximum Gasteiger partial charge on any atom is 0.161 e. The molecule has 1 aromatic heterocycles. The molecule has 6 heteroatoms. The summed E-state index contributed by atoms with van der Waals surface area (Å²) < 4.78 is 39.6. The van der Waals surface area contributed by atoms with Crippen LogP contribution in [0.25, 0.3) is 33.5 Å². The van der Waals surface area contributed by atoms with Crippen molar-refractivity contribution in [2.45, 2.75) is 32.9 Å². The Kier molecular flexibility index (Phi) is 6.35. The Morgan fingerprint density at radius 1 is 0.778 bits per heavy atom. The molecule has 0 radical (unpaired) electrons. The number of benzene rings is 3. The van der Waals surface area contributed by atoms with E-state index < -0.39 is 0 Å². The molecular formula is C30H30FNO4. The maximum absolute atomic E-state index is 14.6. The van der Waals surface area contributed by atoms with Gasteiger partial charge in [-0.2, -0.15) is 0 Å². The highest BCUT2D eigenvalue weighted by atomic mass is 19.1. The van der Waals surface area contributed by atoms with Crippen LogP contribution in [0.1, 0.15) is 19.4 Å². The molecule has 1 aliphatic rings. The summed E-state index contributed by atoms with van der Waals surface area (Å²) in [5, 5.41) is 0. The van der Waals surface area contributed by atoms with E-state index in [0.717, 1.165) is 52.2 Å². The molecule has 2 heterocycles. The quantitative estimate of drug-likeness (QED) is 0.282. The van der Waals surface area contributed by atoms with Gasteiger partial charge < -0.3 is 23.5 Å². The van der Waals surface area contributed by atoms with E-state index in [0.29, 0.717) is 17.2 Å². The number of rotatable bonds is 7. The van der Waals surface area contributed by atoms with Crippen LogP contribution in [0.15, 0.2) is 60.8 Å². The first-order valence-electron chi connectivity index (χ1n) is 12.0. The third-order valence-corrected chi connectivity index (χ3v) is 6.54. The monoisotopic (exact) mass is 487 g/mol. The van der Waals surface area contributed by atoms with Crippen molar-refractivity contribution >= 4 is 0 Å². The van der Waals surface area contributed by atoms with Gasteiger partial charge in [0.05, 0.1) is 33.1 Å². The van der Waals surface area contributed by atoms with Crippen LogP contribution in [-0.2, 0) is 13.0 Å². The first-order valence-corrected chi connectivity index (χ1v) is 12.0. The van der Waals surface area contributed by atoms with Crippen molar-refractivity contribution in [3.8, 4) is 56.5 Å². The van der Waals surface area contributed by atoms with Gasteiger partial charge in [0, 0.05) is 35.0 Å². The highest BCUT2D eigenvalue weighted by Crippen LogP contribution is 2.49. The van der Waals surface area contributed by atoms with Crippen molar-refractivity contribution in [1.82, 2.24) is 4.57 Å². The van der Waals surface area contributed by atoms with Gasteiger partial charge in [-0.3, -0.25) is 0 Å². The summed E-state index contributed by atoms with van der Waals surface area (Å²) in [6, 6.07) is 16.8. The fourth-order valence-electron chi connectivity index (χ4n) is 4.93. The van der Waals surface area contributed by atoms with Gasteiger partial charge in [-0.05, 0) is 73.9 Å². The normalized spacial score (nSPS) is 12.2. The zero-order valence-corrected chi connectivity index (χ0v) is 21.2. The van der Waals surface area contributed by atoms with E-state index in [-0.39, 0.29) is 11.9 Å². The SMILES string of the molecule is COc1ccc(-c2c(-c3cc(F)ccc3OC(C)C)cn3c2-c2cc(OC)c(OC)cc2CC3)cc1. The van der Waals surface area contributed by atoms with E-state index >= 15 is 0 Å². The zero-order valence-electron chi connectivity index (χ0n) is 21.2. The molecule has 0 spiro atoms. The summed E-state index contributed by atoms with van der Waals surface area (Å²) in [5.74, 6) is 2.49. The van der Waals surface area contributed by atoms with Crippen LogP contribution in [0.2, 0.25) is 0 Å². The number of fused-ring (bicyclic) bond motifs is 3. The van der Waals surface area contributed by atoms with Crippen molar-refractivity contribution in [2.75, 3.05) is 21.3 Å². The highest BCUT2D eigenvalue weighted by Gasteiger charge is 2.28. The van der Waals surface area contributed by atoms with Crippen LogP contribution in [0.4, 0.5) is 4.39 Å². The molecule has 0 aliphatic carbocycles. The van der Waals surface area contributed by atoms with Crippen molar-refractivity contribution in [2.24, 2.45) is 0 Å². The lowest BCUT2D eigenvalue weighted by Crippen LogP contribution is -2.10. The van der Waals surface area contributed by atoms with Gasteiger partial charge in [0.15, 0.2) is 11.5 Å². The minimum atomic E-state index is -0.308. The number of aryl methyl sites for hydroxylation is 2. The Bertz CT molecular complexity index is 1410. The summed E-state index contributed by atoms with van der Waals surface area (Å²) >= 11 is 0. The molecule has 186 valence electrons. The molecule has 3 aromatic carbocycles. The second kappa shape index (κ2) is 9.61. The van der Waals surface area contributed by atoms with Crippen molar-refractivity contribution in [3.05, 3.63) is 72.2 Å². The lowest BCUT2D eigenvalue weighted by Gasteiger charge is -2.23. The highest BCUT2D eigenvalue weighted by molar-refractivity contribution is 5.97. The Morgan fingerprint density at radius 3 is 2.17 bits per heavy atom. The van der Waals surface area contributed by atoms with Gasteiger partial charge in [-0.1, -0.05) is 12.1 Å². The average Bonchev–Trinajstić information content (AvgIpc) is 3.28. The Labute approximate surface area is 211 Å². The van der Waals surface area contributed by atoms with Gasteiger partial charge in [0.1, 0.15) is 17.3 Å². The largest absolute Gasteiger partial charge is 0.497 e. The molecule has 36 heavy (non-hydrogen) atoms. The third kappa shape index (κ3) is 4.17. The zero-order chi connectivity index (χ0) is 25.4. The Balaban J connectivity index is 1.82. The molecule has 0 unspecified atom stereocenters. The third-order valence-electron chi connectivity index (χ3n) is 6.54. The summed E-state index contributed by atoms with van der Waals surface area (Å²) in [7, 11) is 4.94. The lowest BCUT2D eigenvalue weighted by atomic mass is 9.90. The molecule has 4 aromatic rings. The minimum Gasteiger partial charge on any atom is -0.497 e. The minimum absolute atomic E-state index is 0.0478. The molecule has 0 fully saturated rings. The molecule has 5 rings (SSSR count). The van der Waals surface area contributed by atoms with E-state index in [1.807, 2.05) is 44.2 Å². The van der Waals surface area contributed by atoms with E-state index in [9.17, 15) is 4.39 Å². The second-order valence-corrected chi connectivity index (χ2v) is 9.11. The molecule has 0 N–H and O–H groups in total. The molecule has 0 saturated carbocycles. The smallest absolute Gasteiger partial charge is 0.161 e. The molecule has 1 aliphatic heterocycles. The Morgan fingerprint density at radius 2 is 1.50 bits per heavy atom. The fourth-order valence-corrected chi connectivity index (χ4v) is 4.93. The molecule has 0 saturated heterocycles. The number of aromatic nitrogens is 1. The Hall–Kier alpha value is -3.93. The second-order valence-electron chi connectivity index (χ2n) is 9.11. The van der Waals surface area contributed by atoms with Crippen molar-refractivity contribution in [3.63, 3.8) is 0 Å². The van der Waals surface area contributed by atoms with Crippen LogP contribution in [0, 0.1) is 5.82 Å². The lowest BCUT2D eigenvalue weighted by molar-refractivity contribution is 0.243. The van der Waals surface area contributed by atoms with Gasteiger partial charge in [-0.15, -0.1) is 0 Å². The predicted molar refractivity (Wildman–Crippen MR) is 140 cm³/mol. The first kappa shape index (κ1) is 23.8. The van der Waals surface area contributed by atoms with Crippen LogP contribution in [-0.4, -0.2) is 32.0 Å². The molecule has 5 nitrogen and oxygen atoms in total. The number of nitrogens with zero attached hydrogens (tertiary/aromatic N) is 1. The predicted octanol–water partition coefficient (Wildman–Crippen LogP) is 7.00. The van der Waals surface area contributed by atoms with Crippen LogP contribution >= 0.6 is 0 Å². The van der Waals surface area contributed by atoms with Gasteiger partial charge in [0.25, 0.3) is 0 Å². The maximum atomic E-state index is 14.6. The molecular weight excluding hydrogens is 457 g/mol. The van der Waals surface area contributed by atoms with Gasteiger partial charge in [-0.25, -0.2) is 4.39 Å². The van der Waals surface area contributed by atoms with Crippen molar-refractivity contribution in [1.29, 1.82) is 0 Å². The number of ether oxygens (including phenoxy) is 4. The standard InChI is InChI=1S/C30H30FNO4/c1-18(2)36-26-11-8-21(31)15-24(26)25-17-32-13-12-20-14-27(34-4)28(35-5)16-23(20)30(32)29(25)19-6-9-22(33-3)10-7-19/h6-11,14-18H,12-13H2,1-5H3. The summed E-state index contributed by atoms with van der Waals surface area (Å²) in [4.78, 5) is 0. The summed E-state index contributed by atoms with van der Waals surface area (Å²) in [5.41, 5.74) is 6.94. The van der Waals surface area contributed by atoms with Crippen LogP contribution in [0.3, 0.4) is 0 Å². The van der Waals surface area contributed by atoms with Crippen LogP contribution < -0.4 is 18.9 Å². The fraction of sp³-hybridized carbons (Fsp3) is 0.267. The van der Waals surface area contributed by atoms with E-state index in [1.165, 1.54) is 11.6 Å².